The molecule has 2 heterocycles. The van der Waals surface area contributed by atoms with E-state index >= 15 is 0 Å². The van der Waals surface area contributed by atoms with Crippen molar-refractivity contribution in [1.29, 1.82) is 0 Å². The van der Waals surface area contributed by atoms with Gasteiger partial charge >= 0.3 is 0 Å². The molecule has 3 aromatic rings. The molecule has 1 aliphatic heterocycles. The minimum atomic E-state index is -0.00855. The molecule has 1 saturated heterocycles. The van der Waals surface area contributed by atoms with Crippen LogP contribution in [0.4, 0.5) is 5.13 Å². The number of ether oxygens (including phenoxy) is 1. The van der Waals surface area contributed by atoms with Gasteiger partial charge in [-0.1, -0.05) is 36.5 Å². The van der Waals surface area contributed by atoms with Crippen molar-refractivity contribution in [3.63, 3.8) is 0 Å². The molecule has 0 N–H and O–H groups in total. The second-order valence-corrected chi connectivity index (χ2v) is 9.28. The van der Waals surface area contributed by atoms with Crippen LogP contribution in [0.15, 0.2) is 47.4 Å². The summed E-state index contributed by atoms with van der Waals surface area (Å²) in [6.45, 7) is 5.49. The Morgan fingerprint density at radius 1 is 1.32 bits per heavy atom. The molecule has 6 heteroatoms. The highest BCUT2D eigenvalue weighted by molar-refractivity contribution is 7.99. The Labute approximate surface area is 173 Å². The molecule has 1 fully saturated rings. The van der Waals surface area contributed by atoms with Gasteiger partial charge < -0.3 is 4.74 Å². The van der Waals surface area contributed by atoms with Gasteiger partial charge in [0.15, 0.2) is 5.13 Å². The van der Waals surface area contributed by atoms with E-state index in [1.54, 1.807) is 23.1 Å². The number of thioether (sulfide) groups is 1. The van der Waals surface area contributed by atoms with Crippen LogP contribution in [0.3, 0.4) is 0 Å². The fraction of sp³-hybridized carbons (Fsp3) is 0.364. The molecule has 28 heavy (non-hydrogen) atoms. The number of aromatic nitrogens is 1. The fourth-order valence-electron chi connectivity index (χ4n) is 3.47. The monoisotopic (exact) mass is 412 g/mol. The highest BCUT2D eigenvalue weighted by Gasteiger charge is 2.27. The third kappa shape index (κ3) is 4.09. The van der Waals surface area contributed by atoms with Gasteiger partial charge in [-0.15, -0.1) is 11.8 Å². The summed E-state index contributed by atoms with van der Waals surface area (Å²) >= 11 is 3.32. The van der Waals surface area contributed by atoms with Gasteiger partial charge in [-0.3, -0.25) is 9.69 Å². The maximum absolute atomic E-state index is 13.5. The van der Waals surface area contributed by atoms with Crippen molar-refractivity contribution < 1.29 is 9.53 Å². The summed E-state index contributed by atoms with van der Waals surface area (Å²) in [5, 5.41) is 0.748. The number of hydrogen-bond donors (Lipinski definition) is 0. The van der Waals surface area contributed by atoms with Gasteiger partial charge in [-0.2, -0.15) is 0 Å². The van der Waals surface area contributed by atoms with Crippen LogP contribution in [0.2, 0.25) is 0 Å². The van der Waals surface area contributed by atoms with E-state index in [9.17, 15) is 4.79 Å². The molecule has 0 radical (unpaired) electrons. The molecule has 0 saturated carbocycles. The summed E-state index contributed by atoms with van der Waals surface area (Å²) in [7, 11) is 0. The first-order valence-electron chi connectivity index (χ1n) is 9.68. The SMILES string of the molecule is CCSc1cccc(C(=O)N(CC2CCCO2)c2nc3c(C)cccc3s2)c1. The zero-order valence-electron chi connectivity index (χ0n) is 16.2. The molecule has 0 aliphatic carbocycles. The molecule has 146 valence electrons. The Morgan fingerprint density at radius 3 is 2.93 bits per heavy atom. The Hall–Kier alpha value is -1.89. The fourth-order valence-corrected chi connectivity index (χ4v) is 5.24. The van der Waals surface area contributed by atoms with Crippen LogP contribution in [0.1, 0.15) is 35.7 Å². The zero-order valence-corrected chi connectivity index (χ0v) is 17.8. The number of fused-ring (bicyclic) bond motifs is 1. The summed E-state index contributed by atoms with van der Waals surface area (Å²) in [6.07, 6.45) is 2.11. The molecule has 1 amide bonds. The first-order chi connectivity index (χ1) is 13.7. The Kier molecular flexibility index (Phi) is 5.99. The number of benzene rings is 2. The maximum Gasteiger partial charge on any atom is 0.260 e. The third-order valence-electron chi connectivity index (χ3n) is 4.89. The van der Waals surface area contributed by atoms with Gasteiger partial charge in [0.1, 0.15) is 0 Å². The van der Waals surface area contributed by atoms with E-state index in [2.05, 4.69) is 32.0 Å². The third-order valence-corrected chi connectivity index (χ3v) is 6.81. The Balaban J connectivity index is 1.70. The number of amides is 1. The van der Waals surface area contributed by atoms with Gasteiger partial charge in [-0.25, -0.2) is 4.98 Å². The lowest BCUT2D eigenvalue weighted by atomic mass is 10.2. The minimum absolute atomic E-state index is 0.00855. The van der Waals surface area contributed by atoms with Crippen LogP contribution in [0.25, 0.3) is 10.2 Å². The van der Waals surface area contributed by atoms with E-state index in [0.717, 1.165) is 51.0 Å². The molecule has 4 nitrogen and oxygen atoms in total. The van der Waals surface area contributed by atoms with Crippen LogP contribution in [0, 0.1) is 6.92 Å². The van der Waals surface area contributed by atoms with Crippen molar-refractivity contribution in [3.8, 4) is 0 Å². The van der Waals surface area contributed by atoms with Gasteiger partial charge in [-0.05, 0) is 55.3 Å². The van der Waals surface area contributed by atoms with E-state index in [-0.39, 0.29) is 12.0 Å². The van der Waals surface area contributed by atoms with E-state index in [4.69, 9.17) is 9.72 Å². The van der Waals surface area contributed by atoms with E-state index in [0.29, 0.717) is 12.1 Å². The molecule has 0 bridgehead atoms. The summed E-state index contributed by atoms with van der Waals surface area (Å²) in [6, 6.07) is 14.0. The molecule has 2 aromatic carbocycles. The van der Waals surface area contributed by atoms with Crippen molar-refractivity contribution in [2.45, 2.75) is 37.7 Å². The smallest absolute Gasteiger partial charge is 0.260 e. The van der Waals surface area contributed by atoms with Crippen molar-refractivity contribution in [3.05, 3.63) is 53.6 Å². The topological polar surface area (TPSA) is 42.4 Å². The van der Waals surface area contributed by atoms with E-state index in [1.807, 2.05) is 29.2 Å². The van der Waals surface area contributed by atoms with Crippen LogP contribution in [-0.4, -0.2) is 35.9 Å². The Bertz CT molecular complexity index is 980. The first-order valence-corrected chi connectivity index (χ1v) is 11.5. The predicted octanol–water partition coefficient (Wildman–Crippen LogP) is 5.54. The first kappa shape index (κ1) is 19.4. The average molecular weight is 413 g/mol. The molecular weight excluding hydrogens is 388 g/mol. The summed E-state index contributed by atoms with van der Waals surface area (Å²) in [4.78, 5) is 21.2. The average Bonchev–Trinajstić information content (AvgIpc) is 3.36. The summed E-state index contributed by atoms with van der Waals surface area (Å²) in [5.41, 5.74) is 2.81. The van der Waals surface area contributed by atoms with Crippen molar-refractivity contribution >= 4 is 44.4 Å². The van der Waals surface area contributed by atoms with Gasteiger partial charge in [0.2, 0.25) is 0 Å². The lowest BCUT2D eigenvalue weighted by Crippen LogP contribution is -2.37. The highest BCUT2D eigenvalue weighted by atomic mass is 32.2. The molecule has 4 rings (SSSR count). The quantitative estimate of drug-likeness (QED) is 0.498. The molecule has 1 atom stereocenters. The van der Waals surface area contributed by atoms with Crippen molar-refractivity contribution in [1.82, 2.24) is 4.98 Å². The zero-order chi connectivity index (χ0) is 19.5. The largest absolute Gasteiger partial charge is 0.376 e. The standard InChI is InChI=1S/C22H24N2O2S2/c1-3-27-18-10-5-8-16(13-18)21(25)24(14-17-9-6-12-26-17)22-23-20-15(2)7-4-11-19(20)28-22/h4-5,7-8,10-11,13,17H,3,6,9,12,14H2,1-2H3. The van der Waals surface area contributed by atoms with Gasteiger partial charge in [0.05, 0.1) is 22.9 Å². The van der Waals surface area contributed by atoms with Crippen molar-refractivity contribution in [2.24, 2.45) is 0 Å². The number of anilines is 1. The summed E-state index contributed by atoms with van der Waals surface area (Å²) < 4.78 is 6.94. The van der Waals surface area contributed by atoms with Crippen molar-refractivity contribution in [2.75, 3.05) is 23.8 Å². The second kappa shape index (κ2) is 8.64. The van der Waals surface area contributed by atoms with Crippen LogP contribution in [-0.2, 0) is 4.74 Å². The predicted molar refractivity (Wildman–Crippen MR) is 118 cm³/mol. The maximum atomic E-state index is 13.5. The minimum Gasteiger partial charge on any atom is -0.376 e. The molecular formula is C22H24N2O2S2. The number of rotatable bonds is 6. The highest BCUT2D eigenvalue weighted by Crippen LogP contribution is 2.32. The number of aryl methyl sites for hydroxylation is 1. The summed E-state index contributed by atoms with van der Waals surface area (Å²) in [5.74, 6) is 0.972. The number of nitrogens with zero attached hydrogens (tertiary/aromatic N) is 2. The lowest BCUT2D eigenvalue weighted by molar-refractivity contribution is 0.0917. The van der Waals surface area contributed by atoms with Gasteiger partial charge in [0, 0.05) is 17.1 Å². The number of hydrogen-bond acceptors (Lipinski definition) is 5. The molecule has 1 aromatic heterocycles. The number of para-hydroxylation sites is 1. The van der Waals surface area contributed by atoms with Crippen LogP contribution >= 0.6 is 23.1 Å². The molecule has 1 unspecified atom stereocenters. The van der Waals surface area contributed by atoms with E-state index < -0.39 is 0 Å². The second-order valence-electron chi connectivity index (χ2n) is 6.93. The number of carbonyl (C=O) groups is 1. The van der Waals surface area contributed by atoms with Gasteiger partial charge in [0.25, 0.3) is 5.91 Å². The van der Waals surface area contributed by atoms with Crippen LogP contribution in [0.5, 0.6) is 0 Å². The van der Waals surface area contributed by atoms with E-state index in [1.165, 1.54) is 0 Å². The number of carbonyl (C=O) groups excluding carboxylic acids is 1. The normalized spacial score (nSPS) is 16.6. The lowest BCUT2D eigenvalue weighted by Gasteiger charge is -2.23. The molecule has 1 aliphatic rings. The molecule has 0 spiro atoms. The Morgan fingerprint density at radius 2 is 2.18 bits per heavy atom. The number of thiazole rings is 1. The van der Waals surface area contributed by atoms with Crippen LogP contribution < -0.4 is 4.90 Å².